The topological polar surface area (TPSA) is 71.8 Å². The summed E-state index contributed by atoms with van der Waals surface area (Å²) in [5, 5.41) is 0. The van der Waals surface area contributed by atoms with Gasteiger partial charge in [-0.15, -0.1) is 0 Å². The number of hydrogen-bond acceptors (Lipinski definition) is 3. The second kappa shape index (κ2) is 4.78. The predicted octanol–water partition coefficient (Wildman–Crippen LogP) is 0.928. The molecule has 1 aliphatic rings. The first-order chi connectivity index (χ1) is 7.70. The van der Waals surface area contributed by atoms with Gasteiger partial charge < -0.3 is 10.7 Å². The highest BCUT2D eigenvalue weighted by Crippen LogP contribution is 2.15. The molecule has 3 N–H and O–H groups in total. The lowest BCUT2D eigenvalue weighted by molar-refractivity contribution is 0.602. The second-order valence-corrected chi connectivity index (χ2v) is 4.52. The van der Waals surface area contributed by atoms with Crippen molar-refractivity contribution < 1.29 is 0 Å². The molecule has 0 aromatic carbocycles. The van der Waals surface area contributed by atoms with Crippen molar-refractivity contribution in [2.45, 2.75) is 51.5 Å². The fourth-order valence-corrected chi connectivity index (χ4v) is 2.14. The molecule has 2 rings (SSSR count). The molecule has 0 saturated carbocycles. The van der Waals surface area contributed by atoms with Crippen LogP contribution in [-0.2, 0) is 19.3 Å². The fourth-order valence-electron chi connectivity index (χ4n) is 2.14. The van der Waals surface area contributed by atoms with E-state index in [0.717, 1.165) is 49.2 Å². The smallest absolute Gasteiger partial charge is 0.254 e. The zero-order chi connectivity index (χ0) is 11.5. The number of aromatic amines is 1. The molecule has 1 atom stereocenters. The number of aryl methyl sites for hydroxylation is 1. The molecule has 0 fully saturated rings. The van der Waals surface area contributed by atoms with E-state index in [1.165, 1.54) is 0 Å². The Morgan fingerprint density at radius 2 is 2.19 bits per heavy atom. The van der Waals surface area contributed by atoms with Crippen LogP contribution in [0.1, 0.15) is 43.3 Å². The molecular weight excluding hydrogens is 202 g/mol. The summed E-state index contributed by atoms with van der Waals surface area (Å²) < 4.78 is 0. The summed E-state index contributed by atoms with van der Waals surface area (Å²) in [6.07, 6.45) is 5.62. The maximum absolute atomic E-state index is 11.8. The fraction of sp³-hybridized carbons (Fsp3) is 0.667. The molecule has 4 heteroatoms. The van der Waals surface area contributed by atoms with Crippen molar-refractivity contribution >= 4 is 0 Å². The Morgan fingerprint density at radius 1 is 1.44 bits per heavy atom. The van der Waals surface area contributed by atoms with Gasteiger partial charge in [-0.1, -0.05) is 6.92 Å². The van der Waals surface area contributed by atoms with E-state index >= 15 is 0 Å². The van der Waals surface area contributed by atoms with E-state index in [-0.39, 0.29) is 11.6 Å². The van der Waals surface area contributed by atoms with Gasteiger partial charge in [-0.25, -0.2) is 4.98 Å². The summed E-state index contributed by atoms with van der Waals surface area (Å²) in [7, 11) is 0. The number of aromatic nitrogens is 2. The third-order valence-electron chi connectivity index (χ3n) is 3.22. The van der Waals surface area contributed by atoms with Gasteiger partial charge in [0.05, 0.1) is 5.69 Å². The number of fused-ring (bicyclic) bond motifs is 1. The highest BCUT2D eigenvalue weighted by Gasteiger charge is 2.15. The lowest BCUT2D eigenvalue weighted by Crippen LogP contribution is -2.28. The van der Waals surface area contributed by atoms with Gasteiger partial charge in [-0.2, -0.15) is 0 Å². The lowest BCUT2D eigenvalue weighted by atomic mass is 9.97. The van der Waals surface area contributed by atoms with Crippen molar-refractivity contribution in [2.75, 3.05) is 0 Å². The third kappa shape index (κ3) is 2.32. The van der Waals surface area contributed by atoms with Crippen LogP contribution in [0.3, 0.4) is 0 Å². The monoisotopic (exact) mass is 221 g/mol. The van der Waals surface area contributed by atoms with Crippen molar-refractivity contribution in [2.24, 2.45) is 5.73 Å². The molecule has 4 nitrogen and oxygen atoms in total. The quantitative estimate of drug-likeness (QED) is 0.797. The van der Waals surface area contributed by atoms with E-state index < -0.39 is 0 Å². The van der Waals surface area contributed by atoms with Gasteiger partial charge in [-0.05, 0) is 32.1 Å². The number of hydrogen-bond donors (Lipinski definition) is 2. The maximum atomic E-state index is 11.8. The SMILES string of the molecule is CCC(N)Cc1nc2c(c(=O)[nH]1)CCCC2. The minimum Gasteiger partial charge on any atom is -0.327 e. The average Bonchev–Trinajstić information content (AvgIpc) is 2.29. The molecule has 1 aromatic heterocycles. The highest BCUT2D eigenvalue weighted by molar-refractivity contribution is 5.20. The van der Waals surface area contributed by atoms with Crippen LogP contribution in [0.5, 0.6) is 0 Å². The van der Waals surface area contributed by atoms with Gasteiger partial charge in [0.15, 0.2) is 0 Å². The normalized spacial score (nSPS) is 16.9. The Balaban J connectivity index is 2.28. The zero-order valence-corrected chi connectivity index (χ0v) is 9.75. The Kier molecular flexibility index (Phi) is 3.39. The maximum Gasteiger partial charge on any atom is 0.254 e. The molecule has 0 bridgehead atoms. The van der Waals surface area contributed by atoms with Crippen LogP contribution in [0.2, 0.25) is 0 Å². The number of H-pyrrole nitrogens is 1. The van der Waals surface area contributed by atoms with E-state index in [2.05, 4.69) is 9.97 Å². The van der Waals surface area contributed by atoms with Gasteiger partial charge in [0, 0.05) is 18.0 Å². The van der Waals surface area contributed by atoms with Crippen molar-refractivity contribution in [3.63, 3.8) is 0 Å². The molecule has 88 valence electrons. The van der Waals surface area contributed by atoms with Gasteiger partial charge in [0.25, 0.3) is 5.56 Å². The van der Waals surface area contributed by atoms with E-state index in [9.17, 15) is 4.79 Å². The molecule has 0 amide bonds. The summed E-state index contributed by atoms with van der Waals surface area (Å²) in [5.41, 5.74) is 7.80. The van der Waals surface area contributed by atoms with Crippen molar-refractivity contribution in [1.29, 1.82) is 0 Å². The van der Waals surface area contributed by atoms with Crippen LogP contribution in [0.4, 0.5) is 0 Å². The first kappa shape index (κ1) is 11.3. The standard InChI is InChI=1S/C12H19N3O/c1-2-8(13)7-11-14-10-6-4-3-5-9(10)12(16)15-11/h8H,2-7,13H2,1H3,(H,14,15,16). The summed E-state index contributed by atoms with van der Waals surface area (Å²) in [4.78, 5) is 19.2. The lowest BCUT2D eigenvalue weighted by Gasteiger charge is -2.15. The van der Waals surface area contributed by atoms with Crippen molar-refractivity contribution in [1.82, 2.24) is 9.97 Å². The van der Waals surface area contributed by atoms with Crippen LogP contribution < -0.4 is 11.3 Å². The Hall–Kier alpha value is -1.16. The number of nitrogens with two attached hydrogens (primary N) is 1. The molecular formula is C12H19N3O. The van der Waals surface area contributed by atoms with Crippen molar-refractivity contribution in [3.8, 4) is 0 Å². The van der Waals surface area contributed by atoms with E-state index in [4.69, 9.17) is 5.73 Å². The molecule has 1 heterocycles. The second-order valence-electron chi connectivity index (χ2n) is 4.52. The molecule has 0 aliphatic heterocycles. The first-order valence-corrected chi connectivity index (χ1v) is 6.07. The van der Waals surface area contributed by atoms with Gasteiger partial charge in [-0.3, -0.25) is 4.79 Å². The van der Waals surface area contributed by atoms with Crippen LogP contribution in [0.25, 0.3) is 0 Å². The van der Waals surface area contributed by atoms with Gasteiger partial charge in [0.1, 0.15) is 5.82 Å². The molecule has 0 spiro atoms. The number of rotatable bonds is 3. The summed E-state index contributed by atoms with van der Waals surface area (Å²) in [6, 6.07) is 0.0878. The van der Waals surface area contributed by atoms with Crippen LogP contribution >= 0.6 is 0 Å². The minimum atomic E-state index is 0.0444. The Bertz CT molecular complexity index is 425. The molecule has 0 radical (unpaired) electrons. The molecule has 0 saturated heterocycles. The summed E-state index contributed by atoms with van der Waals surface area (Å²) in [6.45, 7) is 2.04. The molecule has 1 aromatic rings. The first-order valence-electron chi connectivity index (χ1n) is 6.07. The number of nitrogens with one attached hydrogen (secondary N) is 1. The largest absolute Gasteiger partial charge is 0.327 e. The summed E-state index contributed by atoms with van der Waals surface area (Å²) in [5.74, 6) is 0.750. The zero-order valence-electron chi connectivity index (χ0n) is 9.75. The Labute approximate surface area is 95.3 Å². The van der Waals surface area contributed by atoms with Crippen LogP contribution in [0, 0.1) is 0 Å². The van der Waals surface area contributed by atoms with E-state index in [1.807, 2.05) is 6.92 Å². The van der Waals surface area contributed by atoms with E-state index in [0.29, 0.717) is 6.42 Å². The molecule has 16 heavy (non-hydrogen) atoms. The molecule has 1 aliphatic carbocycles. The third-order valence-corrected chi connectivity index (χ3v) is 3.22. The number of nitrogens with zero attached hydrogens (tertiary/aromatic N) is 1. The van der Waals surface area contributed by atoms with E-state index in [1.54, 1.807) is 0 Å². The summed E-state index contributed by atoms with van der Waals surface area (Å²) >= 11 is 0. The molecule has 1 unspecified atom stereocenters. The van der Waals surface area contributed by atoms with Crippen LogP contribution in [-0.4, -0.2) is 16.0 Å². The highest BCUT2D eigenvalue weighted by atomic mass is 16.1. The van der Waals surface area contributed by atoms with Crippen LogP contribution in [0.15, 0.2) is 4.79 Å². The van der Waals surface area contributed by atoms with Gasteiger partial charge in [0.2, 0.25) is 0 Å². The van der Waals surface area contributed by atoms with Gasteiger partial charge >= 0.3 is 0 Å². The minimum absolute atomic E-state index is 0.0444. The predicted molar refractivity (Wildman–Crippen MR) is 63.5 cm³/mol. The van der Waals surface area contributed by atoms with Crippen molar-refractivity contribution in [3.05, 3.63) is 27.4 Å². The average molecular weight is 221 g/mol. The Morgan fingerprint density at radius 3 is 2.94 bits per heavy atom.